The summed E-state index contributed by atoms with van der Waals surface area (Å²) in [6, 6.07) is 0.271. The Morgan fingerprint density at radius 3 is 3.09 bits per heavy atom. The van der Waals surface area contributed by atoms with Crippen molar-refractivity contribution in [2.75, 3.05) is 5.32 Å². The van der Waals surface area contributed by atoms with E-state index in [1.165, 1.54) is 0 Å². The van der Waals surface area contributed by atoms with Gasteiger partial charge < -0.3 is 5.32 Å². The lowest BCUT2D eigenvalue weighted by Gasteiger charge is -2.05. The van der Waals surface area contributed by atoms with E-state index in [-0.39, 0.29) is 6.04 Å². The van der Waals surface area contributed by atoms with Gasteiger partial charge in [-0.05, 0) is 22.9 Å². The minimum atomic E-state index is 0.271. The number of nitrogens with one attached hydrogen (secondary N) is 1. The number of nitrogens with zero attached hydrogens (tertiary/aromatic N) is 1. The molecule has 60 valence electrons. The highest BCUT2D eigenvalue weighted by Gasteiger charge is 2.00. The van der Waals surface area contributed by atoms with Crippen molar-refractivity contribution >= 4 is 32.4 Å². The fourth-order valence-electron chi connectivity index (χ4n) is 0.575. The van der Waals surface area contributed by atoms with Crippen molar-refractivity contribution in [1.29, 1.82) is 0 Å². The molecule has 1 unspecified atom stereocenters. The zero-order chi connectivity index (χ0) is 8.27. The molecule has 0 saturated heterocycles. The number of hydrogen-bond donors (Lipinski definition) is 1. The lowest BCUT2D eigenvalue weighted by atomic mass is 10.3. The van der Waals surface area contributed by atoms with E-state index in [4.69, 9.17) is 0 Å². The van der Waals surface area contributed by atoms with Crippen LogP contribution in [0.4, 0.5) is 5.13 Å². The number of thiazole rings is 1. The van der Waals surface area contributed by atoms with Gasteiger partial charge >= 0.3 is 0 Å². The highest BCUT2D eigenvalue weighted by Crippen LogP contribution is 2.23. The number of hydrogen-bond acceptors (Lipinski definition) is 3. The maximum atomic E-state index is 4.12. The second-order valence-corrected chi connectivity index (χ2v) is 4.55. The Kier molecular flexibility index (Phi) is 3.08. The average Bonchev–Trinajstić information content (AvgIpc) is 2.35. The van der Waals surface area contributed by atoms with E-state index in [1.807, 2.05) is 13.0 Å². The van der Waals surface area contributed by atoms with Crippen molar-refractivity contribution < 1.29 is 0 Å². The standard InChI is InChI=1S/C7H9BrN2S/c1-3-5(2)10-7-9-4-6(8)11-7/h3-5H,1H2,2H3,(H,9,10). The first kappa shape index (κ1) is 8.74. The summed E-state index contributed by atoms with van der Waals surface area (Å²) in [5.74, 6) is 0. The largest absolute Gasteiger partial charge is 0.356 e. The summed E-state index contributed by atoms with van der Waals surface area (Å²) in [5.41, 5.74) is 0. The van der Waals surface area contributed by atoms with E-state index >= 15 is 0 Å². The van der Waals surface area contributed by atoms with E-state index < -0.39 is 0 Å². The zero-order valence-electron chi connectivity index (χ0n) is 6.17. The van der Waals surface area contributed by atoms with Crippen molar-refractivity contribution in [3.05, 3.63) is 22.6 Å². The summed E-state index contributed by atoms with van der Waals surface area (Å²) in [6.07, 6.45) is 3.62. The molecule has 1 N–H and O–H groups in total. The molecule has 11 heavy (non-hydrogen) atoms. The molecule has 0 fully saturated rings. The van der Waals surface area contributed by atoms with E-state index in [2.05, 4.69) is 32.8 Å². The highest BCUT2D eigenvalue weighted by atomic mass is 79.9. The molecule has 0 aliphatic carbocycles. The quantitative estimate of drug-likeness (QED) is 0.812. The van der Waals surface area contributed by atoms with Gasteiger partial charge in [0.1, 0.15) is 0 Å². The summed E-state index contributed by atoms with van der Waals surface area (Å²) in [6.45, 7) is 5.70. The third-order valence-electron chi connectivity index (χ3n) is 1.18. The lowest BCUT2D eigenvalue weighted by molar-refractivity contribution is 0.995. The first-order valence-corrected chi connectivity index (χ1v) is 4.83. The number of halogens is 1. The maximum Gasteiger partial charge on any atom is 0.184 e. The van der Waals surface area contributed by atoms with Crippen molar-refractivity contribution in [3.63, 3.8) is 0 Å². The Bertz CT molecular complexity index is 246. The molecule has 1 aromatic rings. The van der Waals surface area contributed by atoms with E-state index in [9.17, 15) is 0 Å². The summed E-state index contributed by atoms with van der Waals surface area (Å²) in [4.78, 5) is 4.12. The molecule has 0 aliphatic heterocycles. The Labute approximate surface area is 78.5 Å². The number of rotatable bonds is 3. The first-order valence-electron chi connectivity index (χ1n) is 3.23. The minimum absolute atomic E-state index is 0.271. The van der Waals surface area contributed by atoms with Crippen LogP contribution in [0.2, 0.25) is 0 Å². The van der Waals surface area contributed by atoms with Gasteiger partial charge in [0, 0.05) is 6.04 Å². The third-order valence-corrected chi connectivity index (χ3v) is 2.59. The summed E-state index contributed by atoms with van der Waals surface area (Å²) in [7, 11) is 0. The normalized spacial score (nSPS) is 12.5. The molecule has 0 bridgehead atoms. The smallest absolute Gasteiger partial charge is 0.184 e. The van der Waals surface area contributed by atoms with Gasteiger partial charge in [-0.3, -0.25) is 0 Å². The molecule has 0 spiro atoms. The SMILES string of the molecule is C=CC(C)Nc1ncc(Br)s1. The van der Waals surface area contributed by atoms with E-state index in [0.717, 1.165) is 8.92 Å². The molecule has 2 nitrogen and oxygen atoms in total. The molecule has 0 aromatic carbocycles. The summed E-state index contributed by atoms with van der Waals surface area (Å²) in [5, 5.41) is 4.09. The van der Waals surface area contributed by atoms with Crippen molar-refractivity contribution in [2.45, 2.75) is 13.0 Å². The van der Waals surface area contributed by atoms with Crippen LogP contribution in [0.3, 0.4) is 0 Å². The van der Waals surface area contributed by atoms with Gasteiger partial charge in [0.25, 0.3) is 0 Å². The molecule has 1 rings (SSSR count). The lowest BCUT2D eigenvalue weighted by Crippen LogP contribution is -2.10. The van der Waals surface area contributed by atoms with Crippen molar-refractivity contribution in [2.24, 2.45) is 0 Å². The van der Waals surface area contributed by atoms with Gasteiger partial charge in [0.05, 0.1) is 9.98 Å². The van der Waals surface area contributed by atoms with Crippen LogP contribution in [0, 0.1) is 0 Å². The predicted molar refractivity (Wildman–Crippen MR) is 53.1 cm³/mol. The van der Waals surface area contributed by atoms with Crippen LogP contribution in [0.5, 0.6) is 0 Å². The second-order valence-electron chi connectivity index (χ2n) is 2.14. The monoisotopic (exact) mass is 232 g/mol. The van der Waals surface area contributed by atoms with Gasteiger partial charge in [-0.2, -0.15) is 0 Å². The van der Waals surface area contributed by atoms with Gasteiger partial charge in [0.15, 0.2) is 5.13 Å². The Balaban J connectivity index is 2.57. The molecule has 0 amide bonds. The average molecular weight is 233 g/mol. The fourth-order valence-corrected chi connectivity index (χ4v) is 1.78. The fraction of sp³-hybridized carbons (Fsp3) is 0.286. The minimum Gasteiger partial charge on any atom is -0.356 e. The Morgan fingerprint density at radius 1 is 1.91 bits per heavy atom. The van der Waals surface area contributed by atoms with Crippen LogP contribution in [0.25, 0.3) is 0 Å². The van der Waals surface area contributed by atoms with E-state index in [1.54, 1.807) is 17.5 Å². The molecular formula is C7H9BrN2S. The van der Waals surface area contributed by atoms with Gasteiger partial charge in [0.2, 0.25) is 0 Å². The molecular weight excluding hydrogens is 224 g/mol. The van der Waals surface area contributed by atoms with Gasteiger partial charge in [-0.25, -0.2) is 4.98 Å². The molecule has 1 atom stereocenters. The molecule has 0 radical (unpaired) electrons. The van der Waals surface area contributed by atoms with Gasteiger partial charge in [-0.15, -0.1) is 6.58 Å². The maximum absolute atomic E-state index is 4.12. The highest BCUT2D eigenvalue weighted by molar-refractivity contribution is 9.11. The molecule has 1 aromatic heterocycles. The predicted octanol–water partition coefficient (Wildman–Crippen LogP) is 2.89. The number of anilines is 1. The zero-order valence-corrected chi connectivity index (χ0v) is 8.58. The third kappa shape index (κ3) is 2.63. The second kappa shape index (κ2) is 3.88. The van der Waals surface area contributed by atoms with Crippen LogP contribution < -0.4 is 5.32 Å². The molecule has 0 aliphatic rings. The number of aromatic nitrogens is 1. The summed E-state index contributed by atoms with van der Waals surface area (Å²) >= 11 is 4.91. The van der Waals surface area contributed by atoms with Crippen LogP contribution in [0.1, 0.15) is 6.92 Å². The summed E-state index contributed by atoms with van der Waals surface area (Å²) < 4.78 is 1.04. The molecule has 1 heterocycles. The first-order chi connectivity index (χ1) is 5.22. The van der Waals surface area contributed by atoms with Crippen molar-refractivity contribution in [1.82, 2.24) is 4.98 Å². The van der Waals surface area contributed by atoms with E-state index in [0.29, 0.717) is 0 Å². The van der Waals surface area contributed by atoms with Crippen LogP contribution in [-0.4, -0.2) is 11.0 Å². The molecule has 4 heteroatoms. The topological polar surface area (TPSA) is 24.9 Å². The van der Waals surface area contributed by atoms with Crippen LogP contribution in [-0.2, 0) is 0 Å². The molecule has 0 saturated carbocycles. The van der Waals surface area contributed by atoms with Crippen molar-refractivity contribution in [3.8, 4) is 0 Å². The Morgan fingerprint density at radius 2 is 2.64 bits per heavy atom. The Hall–Kier alpha value is -0.350. The van der Waals surface area contributed by atoms with Crippen LogP contribution >= 0.6 is 27.3 Å². The van der Waals surface area contributed by atoms with Gasteiger partial charge in [-0.1, -0.05) is 17.4 Å². The van der Waals surface area contributed by atoms with Crippen LogP contribution in [0.15, 0.2) is 22.6 Å².